The molecule has 10 nitrogen and oxygen atoms in total. The smallest absolute Gasteiger partial charge is 0.340 e. The van der Waals surface area contributed by atoms with Crippen LogP contribution >= 0.6 is 0 Å². The number of aliphatic hydroxyl groups excluding tert-OH is 1. The summed E-state index contributed by atoms with van der Waals surface area (Å²) in [4.78, 5) is 56.5. The van der Waals surface area contributed by atoms with Crippen LogP contribution in [0.3, 0.4) is 0 Å². The van der Waals surface area contributed by atoms with Crippen LogP contribution in [-0.2, 0) is 23.9 Å². The van der Waals surface area contributed by atoms with Crippen molar-refractivity contribution < 1.29 is 48.0 Å². The van der Waals surface area contributed by atoms with E-state index in [1.54, 1.807) is 55.5 Å². The molecule has 2 aromatic carbocycles. The standard InChI is InChI=1S/C17H22O4.C13H18O3.C8H10O3/c1-12(2)16(19)21-11-10-20-14-8-6-13(7-9-14)15(18)17(3,4)5;1-13(2,3)12(15)10-4-6-11(7-5-10)16-9-8-14;1-5(2)7(9)11-8(10)6(3)4/h6-9H,1,10-11H2,2-5H3;4-7,14H,8-9H2,1-3H3;1,3H2,2,4H3. The number of ether oxygens (including phenoxy) is 4. The number of hydrogen-bond donors (Lipinski definition) is 1. The molecule has 0 fully saturated rings. The lowest BCUT2D eigenvalue weighted by Gasteiger charge is -2.16. The molecule has 0 saturated heterocycles. The first-order valence-electron chi connectivity index (χ1n) is 15.2. The minimum Gasteiger partial charge on any atom is -0.491 e. The lowest BCUT2D eigenvalue weighted by molar-refractivity contribution is -0.154. The van der Waals surface area contributed by atoms with Crippen molar-refractivity contribution in [1.29, 1.82) is 0 Å². The van der Waals surface area contributed by atoms with Crippen LogP contribution in [0.25, 0.3) is 0 Å². The summed E-state index contributed by atoms with van der Waals surface area (Å²) < 4.78 is 19.9. The van der Waals surface area contributed by atoms with Crippen LogP contribution in [0.4, 0.5) is 0 Å². The molecular formula is C38H50O10. The number of carbonyl (C=O) groups excluding carboxylic acids is 5. The fourth-order valence-electron chi connectivity index (χ4n) is 3.11. The average molecular weight is 667 g/mol. The van der Waals surface area contributed by atoms with Gasteiger partial charge in [-0.1, -0.05) is 61.3 Å². The summed E-state index contributed by atoms with van der Waals surface area (Å²) in [5.41, 5.74) is 1.32. The Morgan fingerprint density at radius 2 is 0.896 bits per heavy atom. The maximum absolute atomic E-state index is 12.1. The van der Waals surface area contributed by atoms with E-state index in [2.05, 4.69) is 24.5 Å². The monoisotopic (exact) mass is 666 g/mol. The zero-order valence-corrected chi connectivity index (χ0v) is 29.7. The molecule has 0 aliphatic rings. The minimum atomic E-state index is -0.710. The molecule has 0 radical (unpaired) electrons. The van der Waals surface area contributed by atoms with Crippen molar-refractivity contribution >= 4 is 29.5 Å². The van der Waals surface area contributed by atoms with E-state index in [0.717, 1.165) is 0 Å². The molecule has 262 valence electrons. The fraction of sp³-hybridized carbons (Fsp3) is 0.395. The number of aliphatic hydroxyl groups is 1. The second-order valence-corrected chi connectivity index (χ2v) is 12.8. The quantitative estimate of drug-likeness (QED) is 0.0835. The van der Waals surface area contributed by atoms with Gasteiger partial charge in [-0.15, -0.1) is 0 Å². The normalized spacial score (nSPS) is 10.5. The molecule has 0 saturated carbocycles. The summed E-state index contributed by atoms with van der Waals surface area (Å²) >= 11 is 0. The van der Waals surface area contributed by atoms with E-state index in [1.807, 2.05) is 41.5 Å². The third kappa shape index (κ3) is 17.2. The van der Waals surface area contributed by atoms with Crippen LogP contribution in [0.1, 0.15) is 83.0 Å². The van der Waals surface area contributed by atoms with Crippen LogP contribution in [0.15, 0.2) is 85.0 Å². The lowest BCUT2D eigenvalue weighted by Crippen LogP contribution is -2.20. The third-order valence-corrected chi connectivity index (χ3v) is 5.77. The average Bonchev–Trinajstić information content (AvgIpc) is 3.01. The highest BCUT2D eigenvalue weighted by molar-refractivity contribution is 6.01. The van der Waals surface area contributed by atoms with Gasteiger partial charge in [0.2, 0.25) is 0 Å². The first-order valence-corrected chi connectivity index (χ1v) is 15.2. The van der Waals surface area contributed by atoms with Crippen molar-refractivity contribution in [2.75, 3.05) is 26.4 Å². The molecule has 0 aliphatic heterocycles. The van der Waals surface area contributed by atoms with Crippen molar-refractivity contribution in [2.24, 2.45) is 10.8 Å². The van der Waals surface area contributed by atoms with Gasteiger partial charge >= 0.3 is 17.9 Å². The van der Waals surface area contributed by atoms with Crippen LogP contribution < -0.4 is 9.47 Å². The highest BCUT2D eigenvalue weighted by Gasteiger charge is 2.23. The minimum absolute atomic E-state index is 0.0112. The second kappa shape index (κ2) is 20.4. The van der Waals surface area contributed by atoms with E-state index in [9.17, 15) is 24.0 Å². The predicted molar refractivity (Wildman–Crippen MR) is 185 cm³/mol. The SMILES string of the molecule is C=C(C)C(=O)OC(=O)C(=C)C.C=C(C)C(=O)OCCOc1ccc(C(=O)C(C)(C)C)cc1.CC(C)(C)C(=O)c1ccc(OCCO)cc1. The van der Waals surface area contributed by atoms with Crippen LogP contribution in [0.5, 0.6) is 11.5 Å². The molecule has 10 heteroatoms. The van der Waals surface area contributed by atoms with Crippen molar-refractivity contribution in [3.8, 4) is 11.5 Å². The molecule has 0 bridgehead atoms. The lowest BCUT2D eigenvalue weighted by atomic mass is 9.86. The molecular weight excluding hydrogens is 616 g/mol. The first-order chi connectivity index (χ1) is 22.1. The highest BCUT2D eigenvalue weighted by Crippen LogP contribution is 2.23. The summed E-state index contributed by atoms with van der Waals surface area (Å²) in [5, 5.41) is 8.60. The summed E-state index contributed by atoms with van der Waals surface area (Å²) in [7, 11) is 0. The molecule has 0 spiro atoms. The van der Waals surface area contributed by atoms with Gasteiger partial charge in [-0.2, -0.15) is 0 Å². The number of carbonyl (C=O) groups is 5. The number of hydrogen-bond acceptors (Lipinski definition) is 10. The first kappa shape index (κ1) is 43.2. The van der Waals surface area contributed by atoms with Crippen molar-refractivity contribution in [1.82, 2.24) is 0 Å². The van der Waals surface area contributed by atoms with E-state index in [-0.39, 0.29) is 54.6 Å². The van der Waals surface area contributed by atoms with E-state index in [1.165, 1.54) is 13.8 Å². The van der Waals surface area contributed by atoms with Gasteiger partial charge in [0.1, 0.15) is 31.3 Å². The molecule has 2 aromatic rings. The Morgan fingerprint density at radius 1 is 0.562 bits per heavy atom. The summed E-state index contributed by atoms with van der Waals surface area (Å²) in [5.74, 6) is -0.349. The van der Waals surface area contributed by atoms with Crippen LogP contribution in [0, 0.1) is 10.8 Å². The number of benzene rings is 2. The number of rotatable bonds is 12. The molecule has 0 amide bonds. The van der Waals surface area contributed by atoms with E-state index in [4.69, 9.17) is 19.3 Å². The maximum atomic E-state index is 12.1. The Kier molecular flexibility index (Phi) is 18.4. The van der Waals surface area contributed by atoms with Gasteiger partial charge in [-0.25, -0.2) is 14.4 Å². The molecule has 2 rings (SSSR count). The Labute approximate surface area is 284 Å². The highest BCUT2D eigenvalue weighted by atomic mass is 16.6. The topological polar surface area (TPSA) is 142 Å². The van der Waals surface area contributed by atoms with E-state index < -0.39 is 23.3 Å². The molecule has 0 atom stereocenters. The summed E-state index contributed by atoms with van der Waals surface area (Å²) in [6.07, 6.45) is 0. The zero-order chi connectivity index (χ0) is 37.2. The Hall–Kier alpha value is -4.83. The maximum Gasteiger partial charge on any atom is 0.340 e. The summed E-state index contributed by atoms with van der Waals surface area (Å²) in [6, 6.07) is 13.9. The second-order valence-electron chi connectivity index (χ2n) is 12.8. The number of Topliss-reactive ketones (excluding diaryl/α,β-unsaturated/α-hetero) is 2. The van der Waals surface area contributed by atoms with Crippen LogP contribution in [0.2, 0.25) is 0 Å². The van der Waals surface area contributed by atoms with Crippen molar-refractivity contribution in [2.45, 2.75) is 62.3 Å². The molecule has 0 aromatic heterocycles. The molecule has 1 N–H and O–H groups in total. The van der Waals surface area contributed by atoms with E-state index in [0.29, 0.717) is 28.2 Å². The van der Waals surface area contributed by atoms with Gasteiger partial charge in [0.15, 0.2) is 11.6 Å². The summed E-state index contributed by atoms with van der Waals surface area (Å²) in [6.45, 7) is 26.6. The molecule has 0 heterocycles. The van der Waals surface area contributed by atoms with Crippen molar-refractivity contribution in [3.05, 3.63) is 96.1 Å². The van der Waals surface area contributed by atoms with Gasteiger partial charge in [-0.05, 0) is 69.3 Å². The van der Waals surface area contributed by atoms with Gasteiger partial charge in [0, 0.05) is 38.7 Å². The van der Waals surface area contributed by atoms with Crippen molar-refractivity contribution in [3.63, 3.8) is 0 Å². The van der Waals surface area contributed by atoms with E-state index >= 15 is 0 Å². The zero-order valence-electron chi connectivity index (χ0n) is 29.7. The molecule has 48 heavy (non-hydrogen) atoms. The third-order valence-electron chi connectivity index (χ3n) is 5.77. The Balaban J connectivity index is 0.000000728. The largest absolute Gasteiger partial charge is 0.491 e. The number of ketones is 2. The van der Waals surface area contributed by atoms with Crippen LogP contribution in [-0.4, -0.2) is 61.0 Å². The molecule has 0 aliphatic carbocycles. The van der Waals surface area contributed by atoms with Gasteiger partial charge in [-0.3, -0.25) is 9.59 Å². The van der Waals surface area contributed by atoms with Gasteiger partial charge in [0.05, 0.1) is 6.61 Å². The Bertz CT molecular complexity index is 1410. The Morgan fingerprint density at radius 3 is 1.19 bits per heavy atom. The predicted octanol–water partition coefficient (Wildman–Crippen LogP) is 6.91. The fourth-order valence-corrected chi connectivity index (χ4v) is 3.11. The number of esters is 3. The van der Waals surface area contributed by atoms with Gasteiger partial charge < -0.3 is 24.1 Å². The van der Waals surface area contributed by atoms with Gasteiger partial charge in [0.25, 0.3) is 0 Å². The molecule has 0 unspecified atom stereocenters.